The van der Waals surface area contributed by atoms with Crippen LogP contribution in [0.2, 0.25) is 5.02 Å². The number of hydrogen-bond acceptors (Lipinski definition) is 4. The summed E-state index contributed by atoms with van der Waals surface area (Å²) in [6.07, 6.45) is 0.848. The highest BCUT2D eigenvalue weighted by atomic mass is 35.5. The lowest BCUT2D eigenvalue weighted by Crippen LogP contribution is -2.30. The molecule has 0 unspecified atom stereocenters. The van der Waals surface area contributed by atoms with E-state index in [4.69, 9.17) is 11.6 Å². The van der Waals surface area contributed by atoms with Gasteiger partial charge in [0, 0.05) is 35.1 Å². The molecule has 0 fully saturated rings. The summed E-state index contributed by atoms with van der Waals surface area (Å²) >= 11 is 6.41. The molecule has 172 valence electrons. The van der Waals surface area contributed by atoms with Gasteiger partial charge in [-0.3, -0.25) is 19.7 Å². The zero-order valence-corrected chi connectivity index (χ0v) is 19.8. The Morgan fingerprint density at radius 1 is 1.06 bits per heavy atom. The highest BCUT2D eigenvalue weighted by Gasteiger charge is 2.34. The summed E-state index contributed by atoms with van der Waals surface area (Å²) in [5.41, 5.74) is 2.91. The molecule has 0 saturated heterocycles. The molecule has 33 heavy (non-hydrogen) atoms. The Morgan fingerprint density at radius 3 is 2.45 bits per heavy atom. The summed E-state index contributed by atoms with van der Waals surface area (Å²) < 4.78 is 1.76. The van der Waals surface area contributed by atoms with Crippen LogP contribution in [0.3, 0.4) is 0 Å². The average molecular weight is 467 g/mol. The summed E-state index contributed by atoms with van der Waals surface area (Å²) in [6.45, 7) is 7.67. The van der Waals surface area contributed by atoms with E-state index in [0.29, 0.717) is 39.3 Å². The number of nitrogens with zero attached hydrogens (tertiary/aromatic N) is 2. The van der Waals surface area contributed by atoms with E-state index >= 15 is 0 Å². The van der Waals surface area contributed by atoms with Gasteiger partial charge in [-0.1, -0.05) is 43.6 Å². The highest BCUT2D eigenvalue weighted by Crippen LogP contribution is 2.39. The second-order valence-corrected chi connectivity index (χ2v) is 8.50. The van der Waals surface area contributed by atoms with Gasteiger partial charge in [0.05, 0.1) is 11.1 Å². The number of aromatic nitrogens is 1. The molecule has 1 aliphatic rings. The third kappa shape index (κ3) is 4.14. The van der Waals surface area contributed by atoms with Crippen molar-refractivity contribution in [2.75, 3.05) is 26.2 Å². The fraction of sp³-hybridized carbons (Fsp3) is 0.320. The lowest BCUT2D eigenvalue weighted by molar-refractivity contribution is 0.0878. The summed E-state index contributed by atoms with van der Waals surface area (Å²) in [4.78, 5) is 40.6. The number of benzene rings is 2. The van der Waals surface area contributed by atoms with E-state index in [-0.39, 0.29) is 17.0 Å². The summed E-state index contributed by atoms with van der Waals surface area (Å²) in [7, 11) is 1.78. The minimum Gasteiger partial charge on any atom is -0.351 e. The van der Waals surface area contributed by atoms with Gasteiger partial charge >= 0.3 is 0 Å². The van der Waals surface area contributed by atoms with Crippen LogP contribution in [0.25, 0.3) is 22.0 Å². The van der Waals surface area contributed by atoms with Crippen molar-refractivity contribution in [2.45, 2.75) is 20.3 Å². The number of imide groups is 1. The Labute approximate surface area is 197 Å². The summed E-state index contributed by atoms with van der Waals surface area (Å²) in [5.74, 6) is -1.14. The van der Waals surface area contributed by atoms with Gasteiger partial charge < -0.3 is 14.8 Å². The maximum atomic E-state index is 12.9. The molecule has 0 spiro atoms. The lowest BCUT2D eigenvalue weighted by Gasteiger charge is -2.17. The smallest absolute Gasteiger partial charge is 0.267 e. The Kier molecular flexibility index (Phi) is 6.54. The molecule has 7 nitrogen and oxygen atoms in total. The number of aryl methyl sites for hydroxylation is 1. The first kappa shape index (κ1) is 23.0. The third-order valence-corrected chi connectivity index (χ3v) is 6.59. The third-order valence-electron chi connectivity index (χ3n) is 6.26. The van der Waals surface area contributed by atoms with E-state index in [1.165, 1.54) is 0 Å². The normalized spacial score (nSPS) is 13.0. The van der Waals surface area contributed by atoms with Crippen molar-refractivity contribution in [3.8, 4) is 11.1 Å². The number of carbonyl (C=O) groups excluding carboxylic acids is 3. The molecule has 1 aliphatic heterocycles. The van der Waals surface area contributed by atoms with Crippen LogP contribution >= 0.6 is 11.6 Å². The first-order valence-electron chi connectivity index (χ1n) is 11.1. The van der Waals surface area contributed by atoms with Gasteiger partial charge in [-0.15, -0.1) is 0 Å². The zero-order valence-electron chi connectivity index (χ0n) is 19.0. The maximum absolute atomic E-state index is 12.9. The van der Waals surface area contributed by atoms with E-state index in [9.17, 15) is 14.4 Å². The van der Waals surface area contributed by atoms with Crippen molar-refractivity contribution in [1.29, 1.82) is 0 Å². The fourth-order valence-corrected chi connectivity index (χ4v) is 4.65. The first-order chi connectivity index (χ1) is 15.9. The minimum atomic E-state index is -0.467. The van der Waals surface area contributed by atoms with Crippen molar-refractivity contribution in [1.82, 2.24) is 20.1 Å². The Bertz CT molecular complexity index is 1260. The van der Waals surface area contributed by atoms with Crippen LogP contribution in [0.15, 0.2) is 36.4 Å². The van der Waals surface area contributed by atoms with Gasteiger partial charge in [-0.25, -0.2) is 0 Å². The monoisotopic (exact) mass is 466 g/mol. The van der Waals surface area contributed by atoms with Crippen LogP contribution < -0.4 is 10.6 Å². The SMILES string of the molecule is CCN(CC)CCCNC(=O)c1cc2c3c(c(-c4ccccc4Cl)cc2n1C)C(=O)NC3=O. The second kappa shape index (κ2) is 9.37. The molecule has 3 aromatic rings. The van der Waals surface area contributed by atoms with Crippen LogP contribution in [0.5, 0.6) is 0 Å². The number of hydrogen-bond donors (Lipinski definition) is 2. The van der Waals surface area contributed by atoms with Crippen molar-refractivity contribution in [2.24, 2.45) is 7.05 Å². The lowest BCUT2D eigenvalue weighted by atomic mass is 9.94. The van der Waals surface area contributed by atoms with Gasteiger partial charge in [-0.05, 0) is 49.8 Å². The van der Waals surface area contributed by atoms with Gasteiger partial charge in [-0.2, -0.15) is 0 Å². The number of fused-ring (bicyclic) bond motifs is 3. The van der Waals surface area contributed by atoms with Gasteiger partial charge in [0.15, 0.2) is 0 Å². The molecular weight excluding hydrogens is 440 g/mol. The predicted octanol–water partition coefficient (Wildman–Crippen LogP) is 3.84. The van der Waals surface area contributed by atoms with Gasteiger partial charge in [0.1, 0.15) is 5.69 Å². The first-order valence-corrected chi connectivity index (χ1v) is 11.5. The molecule has 0 radical (unpaired) electrons. The molecule has 3 amide bonds. The molecule has 8 heteroatoms. The standard InChI is InChI=1S/C25H27ClN4O3/c1-4-30(5-2)12-8-11-27-23(31)20-14-17-19(29(20)3)13-16(15-9-6-7-10-18(15)26)21-22(17)25(33)28-24(21)32/h6-7,9-10,13-14H,4-5,8,11-12H2,1-3H3,(H,27,31)(H,28,32,33). The van der Waals surface area contributed by atoms with E-state index in [2.05, 4.69) is 29.4 Å². The fourth-order valence-electron chi connectivity index (χ4n) is 4.42. The molecule has 0 atom stereocenters. The van der Waals surface area contributed by atoms with E-state index in [0.717, 1.165) is 26.1 Å². The molecule has 2 N–H and O–H groups in total. The second-order valence-electron chi connectivity index (χ2n) is 8.09. The number of amides is 3. The molecule has 0 saturated carbocycles. The van der Waals surface area contributed by atoms with E-state index in [1.54, 1.807) is 29.8 Å². The van der Waals surface area contributed by atoms with Crippen LogP contribution in [-0.2, 0) is 7.05 Å². The maximum Gasteiger partial charge on any atom is 0.267 e. The van der Waals surface area contributed by atoms with Crippen LogP contribution in [0.4, 0.5) is 0 Å². The molecule has 0 aliphatic carbocycles. The van der Waals surface area contributed by atoms with Crippen LogP contribution in [-0.4, -0.2) is 53.4 Å². The Hall–Kier alpha value is -3.16. The highest BCUT2D eigenvalue weighted by molar-refractivity contribution is 6.35. The Morgan fingerprint density at radius 2 is 1.76 bits per heavy atom. The molecule has 2 heterocycles. The Balaban J connectivity index is 1.73. The van der Waals surface area contributed by atoms with Gasteiger partial charge in [0.25, 0.3) is 17.7 Å². The quantitative estimate of drug-likeness (QED) is 0.390. The summed E-state index contributed by atoms with van der Waals surface area (Å²) in [5, 5.41) is 6.41. The minimum absolute atomic E-state index is 0.217. The number of rotatable bonds is 8. The molecule has 2 aromatic carbocycles. The van der Waals surface area contributed by atoms with Crippen molar-refractivity contribution in [3.05, 3.63) is 58.2 Å². The zero-order chi connectivity index (χ0) is 23.7. The van der Waals surface area contributed by atoms with Crippen molar-refractivity contribution >= 4 is 40.2 Å². The predicted molar refractivity (Wildman–Crippen MR) is 130 cm³/mol. The summed E-state index contributed by atoms with van der Waals surface area (Å²) in [6, 6.07) is 10.7. The molecular formula is C25H27ClN4O3. The largest absolute Gasteiger partial charge is 0.351 e. The molecule has 0 bridgehead atoms. The number of nitrogens with one attached hydrogen (secondary N) is 2. The van der Waals surface area contributed by atoms with Crippen LogP contribution in [0.1, 0.15) is 51.5 Å². The van der Waals surface area contributed by atoms with Crippen molar-refractivity contribution in [3.63, 3.8) is 0 Å². The number of carbonyl (C=O) groups is 3. The molecule has 1 aromatic heterocycles. The van der Waals surface area contributed by atoms with Crippen LogP contribution in [0, 0.1) is 0 Å². The van der Waals surface area contributed by atoms with Crippen molar-refractivity contribution < 1.29 is 14.4 Å². The van der Waals surface area contributed by atoms with E-state index in [1.807, 2.05) is 18.2 Å². The topological polar surface area (TPSA) is 83.4 Å². The number of halogens is 1. The van der Waals surface area contributed by atoms with Gasteiger partial charge in [0.2, 0.25) is 0 Å². The molecule has 4 rings (SSSR count). The van der Waals surface area contributed by atoms with E-state index < -0.39 is 11.8 Å². The average Bonchev–Trinajstić information content (AvgIpc) is 3.29.